The van der Waals surface area contributed by atoms with Crippen molar-refractivity contribution in [3.05, 3.63) is 28.2 Å². The van der Waals surface area contributed by atoms with Gasteiger partial charge in [0.2, 0.25) is 0 Å². The molecule has 0 atom stereocenters. The van der Waals surface area contributed by atoms with E-state index in [1.807, 2.05) is 18.2 Å². The number of benzene rings is 1. The summed E-state index contributed by atoms with van der Waals surface area (Å²) in [6.45, 7) is 5.45. The molecule has 18 heavy (non-hydrogen) atoms. The minimum absolute atomic E-state index is 0.673. The number of ether oxygens (including phenoxy) is 1. The highest BCUT2D eigenvalue weighted by atomic mass is 79.9. The van der Waals surface area contributed by atoms with Crippen molar-refractivity contribution < 1.29 is 4.74 Å². The molecule has 1 heterocycles. The summed E-state index contributed by atoms with van der Waals surface area (Å²) in [6, 6.07) is 7.90. The highest BCUT2D eigenvalue weighted by Crippen LogP contribution is 2.19. The molecule has 0 aromatic heterocycles. The van der Waals surface area contributed by atoms with E-state index < -0.39 is 0 Å². The van der Waals surface area contributed by atoms with Crippen molar-refractivity contribution in [2.45, 2.75) is 0 Å². The van der Waals surface area contributed by atoms with Crippen LogP contribution in [0.3, 0.4) is 0 Å². The van der Waals surface area contributed by atoms with Crippen molar-refractivity contribution >= 4 is 21.6 Å². The molecule has 1 aromatic rings. The second-order valence-electron chi connectivity index (χ2n) is 4.18. The fourth-order valence-electron chi connectivity index (χ4n) is 1.94. The normalized spacial score (nSPS) is 16.2. The summed E-state index contributed by atoms with van der Waals surface area (Å²) in [6.07, 6.45) is 0. The molecule has 2 rings (SSSR count). The quantitative estimate of drug-likeness (QED) is 0.925. The number of morpholine rings is 1. The SMILES string of the molecule is N#Cc1cc(Br)ccc1NCCN1CCOCC1. The van der Waals surface area contributed by atoms with E-state index >= 15 is 0 Å². The predicted octanol–water partition coefficient (Wildman–Crippen LogP) is 2.06. The van der Waals surface area contributed by atoms with Crippen LogP contribution in [0.5, 0.6) is 0 Å². The Hall–Kier alpha value is -1.09. The number of halogens is 1. The number of nitrogens with zero attached hydrogens (tertiary/aromatic N) is 2. The van der Waals surface area contributed by atoms with E-state index in [2.05, 4.69) is 32.2 Å². The molecule has 1 saturated heterocycles. The lowest BCUT2D eigenvalue weighted by molar-refractivity contribution is 0.0398. The van der Waals surface area contributed by atoms with Gasteiger partial charge < -0.3 is 10.1 Å². The summed E-state index contributed by atoms with van der Waals surface area (Å²) in [4.78, 5) is 2.36. The minimum Gasteiger partial charge on any atom is -0.383 e. The van der Waals surface area contributed by atoms with E-state index in [4.69, 9.17) is 10.00 Å². The molecule has 1 fully saturated rings. The van der Waals surface area contributed by atoms with Gasteiger partial charge in [-0.2, -0.15) is 5.26 Å². The van der Waals surface area contributed by atoms with Crippen molar-refractivity contribution in [2.24, 2.45) is 0 Å². The van der Waals surface area contributed by atoms with Gasteiger partial charge in [-0.05, 0) is 18.2 Å². The number of nitriles is 1. The maximum absolute atomic E-state index is 9.05. The van der Waals surface area contributed by atoms with E-state index in [1.54, 1.807) is 0 Å². The van der Waals surface area contributed by atoms with E-state index in [-0.39, 0.29) is 0 Å². The van der Waals surface area contributed by atoms with Crippen molar-refractivity contribution in [3.8, 4) is 6.07 Å². The molecule has 0 aliphatic carbocycles. The lowest BCUT2D eigenvalue weighted by Gasteiger charge is -2.26. The third-order valence-corrected chi connectivity index (χ3v) is 3.44. The third-order valence-electron chi connectivity index (χ3n) is 2.95. The Labute approximate surface area is 116 Å². The maximum Gasteiger partial charge on any atom is 0.101 e. The monoisotopic (exact) mass is 309 g/mol. The molecule has 0 amide bonds. The summed E-state index contributed by atoms with van der Waals surface area (Å²) in [5.41, 5.74) is 1.57. The van der Waals surface area contributed by atoms with Crippen molar-refractivity contribution in [3.63, 3.8) is 0 Å². The fourth-order valence-corrected chi connectivity index (χ4v) is 2.30. The fraction of sp³-hybridized carbons (Fsp3) is 0.462. The summed E-state index contributed by atoms with van der Waals surface area (Å²) >= 11 is 3.37. The largest absolute Gasteiger partial charge is 0.383 e. The summed E-state index contributed by atoms with van der Waals surface area (Å²) in [5.74, 6) is 0. The first-order valence-corrected chi connectivity index (χ1v) is 6.82. The molecule has 1 aliphatic heterocycles. The topological polar surface area (TPSA) is 48.3 Å². The van der Waals surface area contributed by atoms with Crippen molar-refractivity contribution in [1.29, 1.82) is 5.26 Å². The van der Waals surface area contributed by atoms with Crippen LogP contribution in [-0.2, 0) is 4.74 Å². The lowest BCUT2D eigenvalue weighted by atomic mass is 10.2. The van der Waals surface area contributed by atoms with Crippen LogP contribution in [0.4, 0.5) is 5.69 Å². The molecule has 0 spiro atoms. The predicted molar refractivity (Wildman–Crippen MR) is 74.6 cm³/mol. The summed E-state index contributed by atoms with van der Waals surface area (Å²) in [7, 11) is 0. The Kier molecular flexibility index (Phi) is 5.00. The molecule has 0 unspecified atom stereocenters. The zero-order chi connectivity index (χ0) is 12.8. The minimum atomic E-state index is 0.673. The Bertz CT molecular complexity index is 438. The number of nitrogens with one attached hydrogen (secondary N) is 1. The Morgan fingerprint density at radius 3 is 2.89 bits per heavy atom. The number of hydrogen-bond acceptors (Lipinski definition) is 4. The molecule has 1 aromatic carbocycles. The van der Waals surface area contributed by atoms with Crippen LogP contribution in [0, 0.1) is 11.3 Å². The first-order chi connectivity index (χ1) is 8.79. The van der Waals surface area contributed by atoms with Crippen LogP contribution >= 0.6 is 15.9 Å². The van der Waals surface area contributed by atoms with Crippen LogP contribution in [-0.4, -0.2) is 44.3 Å². The Morgan fingerprint density at radius 1 is 1.39 bits per heavy atom. The van der Waals surface area contributed by atoms with E-state index in [0.717, 1.165) is 49.6 Å². The van der Waals surface area contributed by atoms with Crippen LogP contribution in [0.1, 0.15) is 5.56 Å². The van der Waals surface area contributed by atoms with Crippen LogP contribution in [0.15, 0.2) is 22.7 Å². The molecule has 96 valence electrons. The number of rotatable bonds is 4. The summed E-state index contributed by atoms with van der Waals surface area (Å²) < 4.78 is 6.23. The molecule has 5 heteroatoms. The van der Waals surface area contributed by atoms with Gasteiger partial charge in [-0.25, -0.2) is 0 Å². The third kappa shape index (κ3) is 3.70. The van der Waals surface area contributed by atoms with E-state index in [9.17, 15) is 0 Å². The lowest BCUT2D eigenvalue weighted by Crippen LogP contribution is -2.39. The second kappa shape index (κ2) is 6.74. The molecule has 0 bridgehead atoms. The zero-order valence-electron chi connectivity index (χ0n) is 10.2. The van der Waals surface area contributed by atoms with Crippen LogP contribution in [0.2, 0.25) is 0 Å². The molecule has 4 nitrogen and oxygen atoms in total. The van der Waals surface area contributed by atoms with Crippen LogP contribution in [0.25, 0.3) is 0 Å². The van der Waals surface area contributed by atoms with Gasteiger partial charge >= 0.3 is 0 Å². The van der Waals surface area contributed by atoms with Crippen molar-refractivity contribution in [2.75, 3.05) is 44.7 Å². The second-order valence-corrected chi connectivity index (χ2v) is 5.10. The van der Waals surface area contributed by atoms with Crippen LogP contribution < -0.4 is 5.32 Å². The first-order valence-electron chi connectivity index (χ1n) is 6.03. The highest BCUT2D eigenvalue weighted by Gasteiger charge is 2.09. The van der Waals surface area contributed by atoms with Gasteiger partial charge in [-0.1, -0.05) is 15.9 Å². The molecular weight excluding hydrogens is 294 g/mol. The van der Waals surface area contributed by atoms with Gasteiger partial charge in [0.15, 0.2) is 0 Å². The van der Waals surface area contributed by atoms with Gasteiger partial charge in [0, 0.05) is 30.7 Å². The Morgan fingerprint density at radius 2 is 2.17 bits per heavy atom. The smallest absolute Gasteiger partial charge is 0.101 e. The van der Waals surface area contributed by atoms with E-state index in [1.165, 1.54) is 0 Å². The van der Waals surface area contributed by atoms with E-state index in [0.29, 0.717) is 5.56 Å². The van der Waals surface area contributed by atoms with Gasteiger partial charge in [0.25, 0.3) is 0 Å². The zero-order valence-corrected chi connectivity index (χ0v) is 11.7. The molecule has 0 radical (unpaired) electrons. The van der Waals surface area contributed by atoms with Gasteiger partial charge in [-0.3, -0.25) is 4.90 Å². The average Bonchev–Trinajstić information content (AvgIpc) is 2.41. The van der Waals surface area contributed by atoms with Gasteiger partial charge in [-0.15, -0.1) is 0 Å². The highest BCUT2D eigenvalue weighted by molar-refractivity contribution is 9.10. The molecule has 0 saturated carbocycles. The van der Waals surface area contributed by atoms with Crippen molar-refractivity contribution in [1.82, 2.24) is 4.90 Å². The standard InChI is InChI=1S/C13H16BrN3O/c14-12-1-2-13(11(9-12)10-15)16-3-4-17-5-7-18-8-6-17/h1-2,9,16H,3-8H2. The molecule has 1 aliphatic rings. The Balaban J connectivity index is 1.84. The van der Waals surface area contributed by atoms with Gasteiger partial charge in [0.05, 0.1) is 24.5 Å². The number of hydrogen-bond donors (Lipinski definition) is 1. The number of anilines is 1. The van der Waals surface area contributed by atoms with Gasteiger partial charge in [0.1, 0.15) is 6.07 Å². The first kappa shape index (κ1) is 13.3. The maximum atomic E-state index is 9.05. The molecular formula is C13H16BrN3O. The molecule has 1 N–H and O–H groups in total. The average molecular weight is 310 g/mol. The summed E-state index contributed by atoms with van der Waals surface area (Å²) in [5, 5.41) is 12.4.